The Morgan fingerprint density at radius 1 is 1.37 bits per heavy atom. The van der Waals surface area contributed by atoms with Gasteiger partial charge in [-0.25, -0.2) is 9.78 Å². The molecule has 1 fully saturated rings. The minimum atomic E-state index is -0.543. The Labute approximate surface area is 158 Å². The molecule has 1 atom stereocenters. The van der Waals surface area contributed by atoms with E-state index in [1.54, 1.807) is 6.07 Å². The second-order valence-electron chi connectivity index (χ2n) is 7.86. The summed E-state index contributed by atoms with van der Waals surface area (Å²) in [5.41, 5.74) is 0.353. The van der Waals surface area contributed by atoms with Crippen LogP contribution in [0.25, 0.3) is 11.0 Å². The molecule has 27 heavy (non-hydrogen) atoms. The van der Waals surface area contributed by atoms with Gasteiger partial charge in [-0.3, -0.25) is 19.1 Å². The lowest BCUT2D eigenvalue weighted by molar-refractivity contribution is 0.0684. The summed E-state index contributed by atoms with van der Waals surface area (Å²) in [6.45, 7) is 9.88. The van der Waals surface area contributed by atoms with Crippen LogP contribution in [0, 0.1) is 5.92 Å². The highest BCUT2D eigenvalue weighted by atomic mass is 16.2. The first-order valence-corrected chi connectivity index (χ1v) is 9.80. The Morgan fingerprint density at radius 2 is 2.11 bits per heavy atom. The van der Waals surface area contributed by atoms with E-state index in [1.807, 2.05) is 25.7 Å². The number of carbonyl (C=O) groups is 1. The Balaban J connectivity index is 2.27. The van der Waals surface area contributed by atoms with Gasteiger partial charge in [0.15, 0.2) is 5.65 Å². The van der Waals surface area contributed by atoms with E-state index in [1.165, 1.54) is 4.57 Å². The number of H-pyrrole nitrogens is 1. The van der Waals surface area contributed by atoms with Gasteiger partial charge in [0.1, 0.15) is 0 Å². The predicted octanol–water partition coefficient (Wildman–Crippen LogP) is 2.49. The maximum absolute atomic E-state index is 13.3. The average molecular weight is 372 g/mol. The fourth-order valence-corrected chi connectivity index (χ4v) is 3.73. The Kier molecular flexibility index (Phi) is 5.48. The molecule has 7 nitrogen and oxygen atoms in total. The van der Waals surface area contributed by atoms with Gasteiger partial charge in [-0.05, 0) is 37.2 Å². The van der Waals surface area contributed by atoms with Gasteiger partial charge in [-0.15, -0.1) is 0 Å². The SMILES string of the molecule is CCCn1c(=O)[nH]c(=O)c2c(C(=O)N3CCCC(C)C3)cc(C(C)C)nc21. The molecule has 0 saturated carbocycles. The number of aryl methyl sites for hydroxylation is 1. The average Bonchev–Trinajstić information content (AvgIpc) is 2.63. The molecule has 2 aromatic heterocycles. The molecule has 0 radical (unpaired) electrons. The van der Waals surface area contributed by atoms with Crippen LogP contribution in [0.2, 0.25) is 0 Å². The van der Waals surface area contributed by atoms with Crippen LogP contribution in [0.4, 0.5) is 0 Å². The lowest BCUT2D eigenvalue weighted by atomic mass is 9.98. The van der Waals surface area contributed by atoms with Crippen LogP contribution >= 0.6 is 0 Å². The van der Waals surface area contributed by atoms with E-state index < -0.39 is 11.2 Å². The number of aromatic amines is 1. The first-order chi connectivity index (χ1) is 12.8. The van der Waals surface area contributed by atoms with E-state index in [-0.39, 0.29) is 17.2 Å². The summed E-state index contributed by atoms with van der Waals surface area (Å²) in [6, 6.07) is 1.73. The number of hydrogen-bond donors (Lipinski definition) is 1. The molecule has 1 saturated heterocycles. The van der Waals surface area contributed by atoms with Gasteiger partial charge in [0.25, 0.3) is 11.5 Å². The van der Waals surface area contributed by atoms with E-state index in [2.05, 4.69) is 16.9 Å². The van der Waals surface area contributed by atoms with Gasteiger partial charge in [0, 0.05) is 25.3 Å². The molecule has 2 aromatic rings. The van der Waals surface area contributed by atoms with Gasteiger partial charge in [0.05, 0.1) is 10.9 Å². The van der Waals surface area contributed by atoms with E-state index in [0.717, 1.165) is 19.3 Å². The van der Waals surface area contributed by atoms with Crippen LogP contribution in [-0.4, -0.2) is 38.4 Å². The molecular weight excluding hydrogens is 344 g/mol. The number of nitrogens with zero attached hydrogens (tertiary/aromatic N) is 3. The molecule has 3 heterocycles. The van der Waals surface area contributed by atoms with Gasteiger partial charge in [-0.1, -0.05) is 27.7 Å². The number of piperidine rings is 1. The number of pyridine rings is 1. The molecular formula is C20H28N4O3. The number of carbonyl (C=O) groups excluding carboxylic acids is 1. The molecule has 1 amide bonds. The van der Waals surface area contributed by atoms with E-state index in [0.29, 0.717) is 42.5 Å². The monoisotopic (exact) mass is 372 g/mol. The minimum Gasteiger partial charge on any atom is -0.338 e. The third-order valence-corrected chi connectivity index (χ3v) is 5.18. The number of likely N-dealkylation sites (tertiary alicyclic amines) is 1. The Morgan fingerprint density at radius 3 is 2.74 bits per heavy atom. The number of aromatic nitrogens is 3. The zero-order chi connectivity index (χ0) is 19.7. The lowest BCUT2D eigenvalue weighted by Crippen LogP contribution is -2.40. The molecule has 0 aromatic carbocycles. The zero-order valence-electron chi connectivity index (χ0n) is 16.5. The fourth-order valence-electron chi connectivity index (χ4n) is 3.73. The highest BCUT2D eigenvalue weighted by molar-refractivity contribution is 6.05. The molecule has 1 aliphatic heterocycles. The fraction of sp³-hybridized carbons (Fsp3) is 0.600. The standard InChI is InChI=1S/C20H28N4O3/c1-5-8-24-17-16(18(25)22-20(24)27)14(10-15(21-17)12(2)3)19(26)23-9-6-7-13(4)11-23/h10,12-13H,5-9,11H2,1-4H3,(H,22,25,27). The van der Waals surface area contributed by atoms with Crippen molar-refractivity contribution < 1.29 is 4.79 Å². The largest absolute Gasteiger partial charge is 0.338 e. The van der Waals surface area contributed by atoms with Crippen LogP contribution in [0.5, 0.6) is 0 Å². The van der Waals surface area contributed by atoms with Crippen molar-refractivity contribution in [2.75, 3.05) is 13.1 Å². The second kappa shape index (κ2) is 7.66. The van der Waals surface area contributed by atoms with Gasteiger partial charge in [-0.2, -0.15) is 0 Å². The maximum Gasteiger partial charge on any atom is 0.329 e. The lowest BCUT2D eigenvalue weighted by Gasteiger charge is -2.31. The number of hydrogen-bond acceptors (Lipinski definition) is 4. The van der Waals surface area contributed by atoms with Crippen LogP contribution in [0.3, 0.4) is 0 Å². The van der Waals surface area contributed by atoms with Crippen molar-refractivity contribution in [3.8, 4) is 0 Å². The van der Waals surface area contributed by atoms with Crippen LogP contribution in [-0.2, 0) is 6.54 Å². The predicted molar refractivity (Wildman–Crippen MR) is 105 cm³/mol. The van der Waals surface area contributed by atoms with Crippen molar-refractivity contribution in [3.63, 3.8) is 0 Å². The van der Waals surface area contributed by atoms with Crippen molar-refractivity contribution in [2.45, 2.75) is 59.4 Å². The molecule has 1 N–H and O–H groups in total. The summed E-state index contributed by atoms with van der Waals surface area (Å²) in [4.78, 5) is 47.0. The smallest absolute Gasteiger partial charge is 0.329 e. The summed E-state index contributed by atoms with van der Waals surface area (Å²) in [7, 11) is 0. The first kappa shape index (κ1) is 19.3. The quantitative estimate of drug-likeness (QED) is 0.893. The molecule has 3 rings (SSSR count). The number of rotatable bonds is 4. The zero-order valence-corrected chi connectivity index (χ0v) is 16.5. The number of nitrogens with one attached hydrogen (secondary N) is 1. The Bertz CT molecular complexity index is 974. The molecule has 0 bridgehead atoms. The second-order valence-corrected chi connectivity index (χ2v) is 7.86. The van der Waals surface area contributed by atoms with Gasteiger partial charge < -0.3 is 4.90 Å². The van der Waals surface area contributed by atoms with Crippen molar-refractivity contribution >= 4 is 16.9 Å². The van der Waals surface area contributed by atoms with Crippen LogP contribution < -0.4 is 11.2 Å². The maximum atomic E-state index is 13.3. The van der Waals surface area contributed by atoms with Crippen molar-refractivity contribution in [2.24, 2.45) is 5.92 Å². The van der Waals surface area contributed by atoms with E-state index in [4.69, 9.17) is 0 Å². The molecule has 7 heteroatoms. The number of amides is 1. The van der Waals surface area contributed by atoms with Crippen LogP contribution in [0.1, 0.15) is 68.9 Å². The third kappa shape index (κ3) is 3.68. The highest BCUT2D eigenvalue weighted by Gasteiger charge is 2.26. The first-order valence-electron chi connectivity index (χ1n) is 9.80. The number of fused-ring (bicyclic) bond motifs is 1. The third-order valence-electron chi connectivity index (χ3n) is 5.18. The topological polar surface area (TPSA) is 88.1 Å². The van der Waals surface area contributed by atoms with Crippen LogP contribution in [0.15, 0.2) is 15.7 Å². The molecule has 1 aliphatic rings. The molecule has 146 valence electrons. The molecule has 1 unspecified atom stereocenters. The van der Waals surface area contributed by atoms with E-state index in [9.17, 15) is 14.4 Å². The van der Waals surface area contributed by atoms with Crippen molar-refractivity contribution in [1.82, 2.24) is 19.4 Å². The summed E-state index contributed by atoms with van der Waals surface area (Å²) < 4.78 is 1.47. The molecule has 0 aliphatic carbocycles. The van der Waals surface area contributed by atoms with E-state index >= 15 is 0 Å². The minimum absolute atomic E-state index is 0.0747. The molecule has 0 spiro atoms. The summed E-state index contributed by atoms with van der Waals surface area (Å²) in [6.07, 6.45) is 2.79. The normalized spacial score (nSPS) is 17.7. The van der Waals surface area contributed by atoms with Gasteiger partial charge >= 0.3 is 5.69 Å². The van der Waals surface area contributed by atoms with Gasteiger partial charge in [0.2, 0.25) is 0 Å². The summed E-state index contributed by atoms with van der Waals surface area (Å²) in [5.74, 6) is 0.366. The van der Waals surface area contributed by atoms with Crippen molar-refractivity contribution in [1.29, 1.82) is 0 Å². The summed E-state index contributed by atoms with van der Waals surface area (Å²) in [5, 5.41) is 0.218. The summed E-state index contributed by atoms with van der Waals surface area (Å²) >= 11 is 0. The Hall–Kier alpha value is -2.44. The highest BCUT2D eigenvalue weighted by Crippen LogP contribution is 2.23. The van der Waals surface area contributed by atoms with Crippen molar-refractivity contribution in [3.05, 3.63) is 38.2 Å².